The molecule has 2 fully saturated rings. The lowest BCUT2D eigenvalue weighted by atomic mass is 10.1. The molecule has 4 rings (SSSR count). The Morgan fingerprint density at radius 3 is 2.96 bits per heavy atom. The number of aliphatic hydroxyl groups is 2. The average molecular weight is 351 g/mol. The quantitative estimate of drug-likeness (QED) is 0.670. The molecule has 0 aliphatic carbocycles. The van der Waals surface area contributed by atoms with Crippen molar-refractivity contribution in [3.8, 4) is 0 Å². The van der Waals surface area contributed by atoms with Crippen molar-refractivity contribution < 1.29 is 24.4 Å². The third-order valence-corrected chi connectivity index (χ3v) is 4.60. The van der Waals surface area contributed by atoms with E-state index in [1.54, 1.807) is 4.57 Å². The second kappa shape index (κ2) is 6.81. The molecule has 136 valence electrons. The average Bonchev–Trinajstić information content (AvgIpc) is 3.19. The summed E-state index contributed by atoms with van der Waals surface area (Å²) in [6.07, 6.45) is 1.98. The first kappa shape index (κ1) is 16.6. The van der Waals surface area contributed by atoms with Crippen molar-refractivity contribution >= 4 is 17.0 Å². The van der Waals surface area contributed by atoms with Crippen LogP contribution >= 0.6 is 0 Å². The van der Waals surface area contributed by atoms with E-state index >= 15 is 0 Å². The molecule has 2 saturated heterocycles. The lowest BCUT2D eigenvalue weighted by Crippen LogP contribution is -2.39. The van der Waals surface area contributed by atoms with E-state index in [-0.39, 0.29) is 12.4 Å². The minimum atomic E-state index is -1.00. The largest absolute Gasteiger partial charge is 0.394 e. The third-order valence-electron chi connectivity index (χ3n) is 4.60. The molecule has 25 heavy (non-hydrogen) atoms. The van der Waals surface area contributed by atoms with Crippen molar-refractivity contribution in [1.82, 2.24) is 19.5 Å². The molecule has 0 spiro atoms. The molecule has 10 heteroatoms. The molecule has 2 aliphatic rings. The van der Waals surface area contributed by atoms with Crippen molar-refractivity contribution in [3.63, 3.8) is 0 Å². The van der Waals surface area contributed by atoms with E-state index in [0.717, 1.165) is 19.3 Å². The van der Waals surface area contributed by atoms with E-state index in [0.29, 0.717) is 17.8 Å². The van der Waals surface area contributed by atoms with Gasteiger partial charge in [-0.25, -0.2) is 15.0 Å². The van der Waals surface area contributed by atoms with Crippen LogP contribution in [-0.4, -0.2) is 67.5 Å². The first-order valence-corrected chi connectivity index (χ1v) is 8.33. The van der Waals surface area contributed by atoms with Gasteiger partial charge in [-0.2, -0.15) is 0 Å². The van der Waals surface area contributed by atoms with E-state index in [4.69, 9.17) is 19.9 Å². The summed E-state index contributed by atoms with van der Waals surface area (Å²) in [5, 5.41) is 20.0. The lowest BCUT2D eigenvalue weighted by molar-refractivity contribution is -0.215. The summed E-state index contributed by atoms with van der Waals surface area (Å²) in [5.41, 5.74) is 6.74. The Kier molecular flexibility index (Phi) is 4.52. The molecular weight excluding hydrogens is 330 g/mol. The number of aliphatic hydroxyl groups excluding tert-OH is 2. The number of rotatable bonds is 4. The fourth-order valence-electron chi connectivity index (χ4n) is 3.29. The molecule has 0 amide bonds. The Labute approximate surface area is 143 Å². The SMILES string of the molecule is Nc1ncnc2c1ncn2[C@@H]1O[C@H](CO)C(O)C1OC1CCCCO1. The van der Waals surface area contributed by atoms with Gasteiger partial charge in [0.05, 0.1) is 12.9 Å². The molecule has 4 N–H and O–H groups in total. The van der Waals surface area contributed by atoms with Gasteiger partial charge in [-0.1, -0.05) is 0 Å². The van der Waals surface area contributed by atoms with E-state index in [2.05, 4.69) is 15.0 Å². The Hall–Kier alpha value is -1.85. The van der Waals surface area contributed by atoms with Gasteiger partial charge in [-0.05, 0) is 19.3 Å². The zero-order valence-electron chi connectivity index (χ0n) is 13.6. The van der Waals surface area contributed by atoms with E-state index in [1.807, 2.05) is 0 Å². The van der Waals surface area contributed by atoms with Crippen molar-refractivity contribution in [2.75, 3.05) is 18.9 Å². The molecule has 0 bridgehead atoms. The molecule has 10 nitrogen and oxygen atoms in total. The third kappa shape index (κ3) is 2.96. The van der Waals surface area contributed by atoms with Crippen molar-refractivity contribution in [1.29, 1.82) is 0 Å². The molecule has 3 unspecified atom stereocenters. The number of nitrogens with two attached hydrogens (primary N) is 1. The van der Waals surface area contributed by atoms with Crippen LogP contribution in [-0.2, 0) is 14.2 Å². The number of nitrogen functional groups attached to an aromatic ring is 1. The van der Waals surface area contributed by atoms with Crippen LogP contribution in [0.3, 0.4) is 0 Å². The number of ether oxygens (including phenoxy) is 3. The second-order valence-electron chi connectivity index (χ2n) is 6.22. The highest BCUT2D eigenvalue weighted by atomic mass is 16.7. The number of fused-ring (bicyclic) bond motifs is 1. The highest BCUT2D eigenvalue weighted by Crippen LogP contribution is 2.35. The van der Waals surface area contributed by atoms with Crippen molar-refractivity contribution in [2.24, 2.45) is 0 Å². The van der Waals surface area contributed by atoms with Crippen LogP contribution in [0, 0.1) is 0 Å². The number of hydrogen-bond acceptors (Lipinski definition) is 9. The first-order valence-electron chi connectivity index (χ1n) is 8.33. The van der Waals surface area contributed by atoms with Crippen LogP contribution in [0.2, 0.25) is 0 Å². The van der Waals surface area contributed by atoms with Crippen LogP contribution in [0.5, 0.6) is 0 Å². The maximum Gasteiger partial charge on any atom is 0.167 e. The van der Waals surface area contributed by atoms with Crippen LogP contribution < -0.4 is 5.73 Å². The van der Waals surface area contributed by atoms with Crippen molar-refractivity contribution in [3.05, 3.63) is 12.7 Å². The smallest absolute Gasteiger partial charge is 0.167 e. The number of hydrogen-bond donors (Lipinski definition) is 3. The summed E-state index contributed by atoms with van der Waals surface area (Å²) < 4.78 is 19.0. The molecule has 0 radical (unpaired) electrons. The molecule has 5 atom stereocenters. The zero-order valence-corrected chi connectivity index (χ0v) is 13.6. The fraction of sp³-hybridized carbons (Fsp3) is 0.667. The normalized spacial score (nSPS) is 33.1. The van der Waals surface area contributed by atoms with Gasteiger partial charge in [-0.3, -0.25) is 4.57 Å². The van der Waals surface area contributed by atoms with Gasteiger partial charge in [0.2, 0.25) is 0 Å². The van der Waals surface area contributed by atoms with Gasteiger partial charge in [-0.15, -0.1) is 0 Å². The highest BCUT2D eigenvalue weighted by molar-refractivity contribution is 5.81. The standard InChI is InChI=1S/C15H21N5O5/c16-13-10-14(18-6-17-13)20(7-19-10)15-12(11(22)8(5-21)24-15)25-9-3-1-2-4-23-9/h6-9,11-12,15,21-22H,1-5H2,(H2,16,17,18)/t8-,9?,11?,12?,15-/m1/s1. The lowest BCUT2D eigenvalue weighted by Gasteiger charge is -2.29. The molecule has 4 heterocycles. The molecule has 2 aromatic rings. The number of anilines is 1. The predicted molar refractivity (Wildman–Crippen MR) is 85.2 cm³/mol. The second-order valence-corrected chi connectivity index (χ2v) is 6.22. The van der Waals surface area contributed by atoms with Crippen LogP contribution in [0.25, 0.3) is 11.2 Å². The summed E-state index contributed by atoms with van der Waals surface area (Å²) in [4.78, 5) is 12.3. The Morgan fingerprint density at radius 1 is 1.32 bits per heavy atom. The Bertz CT molecular complexity index is 734. The maximum atomic E-state index is 10.5. The van der Waals surface area contributed by atoms with Gasteiger partial charge < -0.3 is 30.2 Å². The van der Waals surface area contributed by atoms with E-state index in [9.17, 15) is 10.2 Å². The summed E-state index contributed by atoms with van der Waals surface area (Å²) in [6.45, 7) is 0.299. The predicted octanol–water partition coefficient (Wildman–Crippen LogP) is -0.429. The van der Waals surface area contributed by atoms with E-state index in [1.165, 1.54) is 12.7 Å². The minimum Gasteiger partial charge on any atom is -0.394 e. The Morgan fingerprint density at radius 2 is 2.20 bits per heavy atom. The van der Waals surface area contributed by atoms with Gasteiger partial charge in [0, 0.05) is 6.61 Å². The number of nitrogens with zero attached hydrogens (tertiary/aromatic N) is 4. The van der Waals surface area contributed by atoms with Gasteiger partial charge in [0.1, 0.15) is 30.2 Å². The van der Waals surface area contributed by atoms with Gasteiger partial charge in [0.25, 0.3) is 0 Å². The maximum absolute atomic E-state index is 10.5. The zero-order chi connectivity index (χ0) is 17.4. The molecule has 0 saturated carbocycles. The first-order chi connectivity index (χ1) is 12.2. The summed E-state index contributed by atoms with van der Waals surface area (Å²) >= 11 is 0. The van der Waals surface area contributed by atoms with Crippen molar-refractivity contribution in [2.45, 2.75) is 50.1 Å². The summed E-state index contributed by atoms with van der Waals surface area (Å²) in [6, 6.07) is 0. The number of aromatic nitrogens is 4. The van der Waals surface area contributed by atoms with E-state index < -0.39 is 30.8 Å². The summed E-state index contributed by atoms with van der Waals surface area (Å²) in [5.74, 6) is 0.258. The highest BCUT2D eigenvalue weighted by Gasteiger charge is 2.47. The van der Waals surface area contributed by atoms with Crippen LogP contribution in [0.15, 0.2) is 12.7 Å². The number of imidazole rings is 1. The summed E-state index contributed by atoms with van der Waals surface area (Å²) in [7, 11) is 0. The molecule has 2 aliphatic heterocycles. The minimum absolute atomic E-state index is 0.258. The Balaban J connectivity index is 1.65. The monoisotopic (exact) mass is 351 g/mol. The van der Waals surface area contributed by atoms with Crippen LogP contribution in [0.1, 0.15) is 25.5 Å². The molecule has 0 aromatic carbocycles. The molecular formula is C15H21N5O5. The van der Waals surface area contributed by atoms with Crippen LogP contribution in [0.4, 0.5) is 5.82 Å². The topological polar surface area (TPSA) is 138 Å². The molecule has 2 aromatic heterocycles. The fourth-order valence-corrected chi connectivity index (χ4v) is 3.29. The van der Waals surface area contributed by atoms with Gasteiger partial charge in [0.15, 0.2) is 24.0 Å². The van der Waals surface area contributed by atoms with Gasteiger partial charge >= 0.3 is 0 Å².